The van der Waals surface area contributed by atoms with Crippen LogP contribution in [0.4, 0.5) is 0 Å². The number of ether oxygens (including phenoxy) is 1. The number of carbonyl (C=O) groups is 1. The summed E-state index contributed by atoms with van der Waals surface area (Å²) in [6, 6.07) is 1.69. The number of rotatable bonds is 6. The van der Waals surface area contributed by atoms with Crippen LogP contribution in [0.1, 0.15) is 16.1 Å². The molecule has 0 aliphatic carbocycles. The molecular weight excluding hydrogens is 196 g/mol. The molecule has 5 heteroatoms. The predicted molar refractivity (Wildman–Crippen MR) is 55.7 cm³/mol. The van der Waals surface area contributed by atoms with Gasteiger partial charge in [0, 0.05) is 13.1 Å². The maximum Gasteiger partial charge on any atom is 0.254 e. The molecular formula is C10H16N2O3. The average Bonchev–Trinajstić information content (AvgIpc) is 2.64. The summed E-state index contributed by atoms with van der Waals surface area (Å²) >= 11 is 0. The molecule has 0 bridgehead atoms. The van der Waals surface area contributed by atoms with Crippen LogP contribution in [0.2, 0.25) is 0 Å². The lowest BCUT2D eigenvalue weighted by Crippen LogP contribution is -2.27. The second kappa shape index (κ2) is 6.21. The van der Waals surface area contributed by atoms with E-state index in [4.69, 9.17) is 14.9 Å². The molecule has 0 aromatic carbocycles. The first-order valence-corrected chi connectivity index (χ1v) is 4.85. The average molecular weight is 212 g/mol. The quantitative estimate of drug-likeness (QED) is 0.664. The maximum absolute atomic E-state index is 11.4. The van der Waals surface area contributed by atoms with Crippen LogP contribution in [-0.2, 0) is 4.74 Å². The van der Waals surface area contributed by atoms with Crippen LogP contribution < -0.4 is 11.1 Å². The third kappa shape index (κ3) is 4.14. The summed E-state index contributed by atoms with van der Waals surface area (Å²) in [6.45, 7) is 3.75. The Balaban J connectivity index is 2.19. The topological polar surface area (TPSA) is 77.5 Å². The smallest absolute Gasteiger partial charge is 0.254 e. The minimum absolute atomic E-state index is 0.150. The highest BCUT2D eigenvalue weighted by Gasteiger charge is 2.06. The SMILES string of the molecule is Cc1cc(C(=O)NCCOCCN)co1. The highest BCUT2D eigenvalue weighted by molar-refractivity contribution is 5.93. The Morgan fingerprint density at radius 2 is 2.40 bits per heavy atom. The largest absolute Gasteiger partial charge is 0.469 e. The van der Waals surface area contributed by atoms with E-state index in [1.54, 1.807) is 13.0 Å². The lowest BCUT2D eigenvalue weighted by atomic mass is 10.3. The fourth-order valence-electron chi connectivity index (χ4n) is 1.09. The molecule has 0 saturated heterocycles. The van der Waals surface area contributed by atoms with Gasteiger partial charge in [0.25, 0.3) is 5.91 Å². The van der Waals surface area contributed by atoms with E-state index < -0.39 is 0 Å². The van der Waals surface area contributed by atoms with Crippen molar-refractivity contribution in [3.05, 3.63) is 23.7 Å². The van der Waals surface area contributed by atoms with Crippen molar-refractivity contribution in [2.45, 2.75) is 6.92 Å². The Labute approximate surface area is 88.6 Å². The van der Waals surface area contributed by atoms with E-state index in [2.05, 4.69) is 5.32 Å². The summed E-state index contributed by atoms with van der Waals surface area (Å²) in [5, 5.41) is 2.71. The zero-order chi connectivity index (χ0) is 11.1. The molecule has 0 aliphatic rings. The number of hydrogen-bond acceptors (Lipinski definition) is 4. The van der Waals surface area contributed by atoms with Gasteiger partial charge in [-0.2, -0.15) is 0 Å². The molecule has 0 radical (unpaired) electrons. The predicted octanol–water partition coefficient (Wildman–Crippen LogP) is 0.293. The first-order valence-electron chi connectivity index (χ1n) is 4.85. The van der Waals surface area contributed by atoms with Gasteiger partial charge in [0.1, 0.15) is 12.0 Å². The molecule has 15 heavy (non-hydrogen) atoms. The zero-order valence-corrected chi connectivity index (χ0v) is 8.79. The van der Waals surface area contributed by atoms with Crippen LogP contribution in [-0.4, -0.2) is 32.2 Å². The van der Waals surface area contributed by atoms with Gasteiger partial charge in [-0.1, -0.05) is 0 Å². The molecule has 1 heterocycles. The number of nitrogens with two attached hydrogens (primary N) is 1. The number of furan rings is 1. The summed E-state index contributed by atoms with van der Waals surface area (Å²) in [5.41, 5.74) is 5.77. The van der Waals surface area contributed by atoms with Crippen molar-refractivity contribution in [3.8, 4) is 0 Å². The molecule has 0 unspecified atom stereocenters. The molecule has 1 amide bonds. The monoisotopic (exact) mass is 212 g/mol. The van der Waals surface area contributed by atoms with E-state index in [-0.39, 0.29) is 5.91 Å². The molecule has 1 aromatic heterocycles. The number of carbonyl (C=O) groups excluding carboxylic acids is 1. The molecule has 1 rings (SSSR count). The van der Waals surface area contributed by atoms with Gasteiger partial charge in [-0.15, -0.1) is 0 Å². The van der Waals surface area contributed by atoms with Gasteiger partial charge in [-0.05, 0) is 13.0 Å². The summed E-state index contributed by atoms with van der Waals surface area (Å²) in [5.74, 6) is 0.572. The van der Waals surface area contributed by atoms with Gasteiger partial charge in [0.2, 0.25) is 0 Å². The Morgan fingerprint density at radius 3 is 3.00 bits per heavy atom. The first kappa shape index (κ1) is 11.7. The molecule has 0 fully saturated rings. The zero-order valence-electron chi connectivity index (χ0n) is 8.79. The number of amides is 1. The molecule has 3 N–H and O–H groups in total. The van der Waals surface area contributed by atoms with Crippen LogP contribution in [0, 0.1) is 6.92 Å². The standard InChI is InChI=1S/C10H16N2O3/c1-8-6-9(7-15-8)10(13)12-3-5-14-4-2-11/h6-7H,2-5,11H2,1H3,(H,12,13). The molecule has 84 valence electrons. The normalized spacial score (nSPS) is 10.3. The minimum atomic E-state index is -0.150. The van der Waals surface area contributed by atoms with E-state index in [0.717, 1.165) is 5.76 Å². The number of nitrogens with one attached hydrogen (secondary N) is 1. The maximum atomic E-state index is 11.4. The molecule has 0 spiro atoms. The fourth-order valence-corrected chi connectivity index (χ4v) is 1.09. The van der Waals surface area contributed by atoms with E-state index in [9.17, 15) is 4.79 Å². The third-order valence-corrected chi connectivity index (χ3v) is 1.79. The summed E-state index contributed by atoms with van der Waals surface area (Å²) in [6.07, 6.45) is 1.44. The van der Waals surface area contributed by atoms with Crippen molar-refractivity contribution in [1.82, 2.24) is 5.32 Å². The van der Waals surface area contributed by atoms with Gasteiger partial charge >= 0.3 is 0 Å². The summed E-state index contributed by atoms with van der Waals surface area (Å²) < 4.78 is 10.1. The first-order chi connectivity index (χ1) is 7.24. The van der Waals surface area contributed by atoms with Crippen molar-refractivity contribution in [3.63, 3.8) is 0 Å². The highest BCUT2D eigenvalue weighted by Crippen LogP contribution is 2.05. The molecule has 0 atom stereocenters. The Hall–Kier alpha value is -1.33. The highest BCUT2D eigenvalue weighted by atomic mass is 16.5. The number of aryl methyl sites for hydroxylation is 1. The van der Waals surface area contributed by atoms with Crippen molar-refractivity contribution in [2.24, 2.45) is 5.73 Å². The van der Waals surface area contributed by atoms with Gasteiger partial charge in [-0.3, -0.25) is 4.79 Å². The Bertz CT molecular complexity index is 309. The van der Waals surface area contributed by atoms with Gasteiger partial charge < -0.3 is 20.2 Å². The second-order valence-corrected chi connectivity index (χ2v) is 3.10. The second-order valence-electron chi connectivity index (χ2n) is 3.10. The molecule has 0 aliphatic heterocycles. The van der Waals surface area contributed by atoms with Crippen molar-refractivity contribution >= 4 is 5.91 Å². The fraction of sp³-hybridized carbons (Fsp3) is 0.500. The van der Waals surface area contributed by atoms with Gasteiger partial charge in [-0.25, -0.2) is 0 Å². The van der Waals surface area contributed by atoms with Crippen LogP contribution in [0.25, 0.3) is 0 Å². The van der Waals surface area contributed by atoms with E-state index in [1.165, 1.54) is 6.26 Å². The van der Waals surface area contributed by atoms with E-state index >= 15 is 0 Å². The summed E-state index contributed by atoms with van der Waals surface area (Å²) in [7, 11) is 0. The molecule has 5 nitrogen and oxygen atoms in total. The summed E-state index contributed by atoms with van der Waals surface area (Å²) in [4.78, 5) is 11.4. The minimum Gasteiger partial charge on any atom is -0.469 e. The van der Waals surface area contributed by atoms with Crippen LogP contribution in [0.15, 0.2) is 16.7 Å². The van der Waals surface area contributed by atoms with Crippen LogP contribution in [0.3, 0.4) is 0 Å². The van der Waals surface area contributed by atoms with E-state index in [1.807, 2.05) is 0 Å². The van der Waals surface area contributed by atoms with E-state index in [0.29, 0.717) is 31.9 Å². The van der Waals surface area contributed by atoms with Crippen molar-refractivity contribution < 1.29 is 13.9 Å². The molecule has 1 aromatic rings. The van der Waals surface area contributed by atoms with Crippen LogP contribution in [0.5, 0.6) is 0 Å². The van der Waals surface area contributed by atoms with Gasteiger partial charge in [0.15, 0.2) is 0 Å². The Morgan fingerprint density at radius 1 is 1.60 bits per heavy atom. The van der Waals surface area contributed by atoms with Crippen molar-refractivity contribution in [1.29, 1.82) is 0 Å². The lowest BCUT2D eigenvalue weighted by molar-refractivity contribution is 0.0919. The lowest BCUT2D eigenvalue weighted by Gasteiger charge is -2.03. The number of hydrogen-bond donors (Lipinski definition) is 2. The van der Waals surface area contributed by atoms with Crippen molar-refractivity contribution in [2.75, 3.05) is 26.3 Å². The Kier molecular flexibility index (Phi) is 4.86. The molecule has 0 saturated carbocycles. The van der Waals surface area contributed by atoms with Gasteiger partial charge in [0.05, 0.1) is 18.8 Å². The van der Waals surface area contributed by atoms with Crippen LogP contribution >= 0.6 is 0 Å². The third-order valence-electron chi connectivity index (χ3n) is 1.79.